The Balaban J connectivity index is 1.52. The third kappa shape index (κ3) is 4.98. The van der Waals surface area contributed by atoms with E-state index in [2.05, 4.69) is 5.10 Å². The molecular weight excluding hydrogens is 452 g/mol. The van der Waals surface area contributed by atoms with Crippen LogP contribution in [-0.4, -0.2) is 50.5 Å². The molecule has 9 heteroatoms. The molecule has 0 saturated carbocycles. The molecule has 0 radical (unpaired) electrons. The molecule has 0 N–H and O–H groups in total. The third-order valence-corrected chi connectivity index (χ3v) is 5.65. The number of esters is 1. The van der Waals surface area contributed by atoms with Crippen LogP contribution >= 0.6 is 0 Å². The van der Waals surface area contributed by atoms with Crippen LogP contribution in [0.4, 0.5) is 0 Å². The highest BCUT2D eigenvalue weighted by Gasteiger charge is 2.35. The molecule has 35 heavy (non-hydrogen) atoms. The van der Waals surface area contributed by atoms with Crippen molar-refractivity contribution in [3.63, 3.8) is 0 Å². The molecule has 182 valence electrons. The maximum atomic E-state index is 13.1. The molecule has 0 bridgehead atoms. The fraction of sp³-hybridized carbons (Fsp3) is 0.269. The molecule has 0 fully saturated rings. The number of hydrazone groups is 1. The summed E-state index contributed by atoms with van der Waals surface area (Å²) in [5.41, 5.74) is 2.94. The van der Waals surface area contributed by atoms with E-state index in [4.69, 9.17) is 23.4 Å². The molecule has 4 rings (SSSR count). The van der Waals surface area contributed by atoms with Crippen LogP contribution in [0.25, 0.3) is 0 Å². The van der Waals surface area contributed by atoms with E-state index in [9.17, 15) is 9.59 Å². The number of hydrogen-bond donors (Lipinski definition) is 0. The fourth-order valence-electron chi connectivity index (χ4n) is 3.84. The summed E-state index contributed by atoms with van der Waals surface area (Å²) < 4.78 is 26.7. The lowest BCUT2D eigenvalue weighted by Gasteiger charge is -2.19. The van der Waals surface area contributed by atoms with Gasteiger partial charge in [0.25, 0.3) is 5.91 Å². The first-order chi connectivity index (χ1) is 16.9. The van der Waals surface area contributed by atoms with Crippen LogP contribution in [0.2, 0.25) is 0 Å². The van der Waals surface area contributed by atoms with Gasteiger partial charge >= 0.3 is 5.97 Å². The number of hydrogen-bond acceptors (Lipinski definition) is 8. The average molecular weight is 479 g/mol. The minimum absolute atomic E-state index is 0.153. The molecule has 2 aromatic carbocycles. The van der Waals surface area contributed by atoms with E-state index in [1.54, 1.807) is 18.4 Å². The molecule has 1 aliphatic heterocycles. The van der Waals surface area contributed by atoms with Crippen LogP contribution in [0, 0.1) is 6.92 Å². The van der Waals surface area contributed by atoms with Crippen LogP contribution in [0.5, 0.6) is 17.2 Å². The van der Waals surface area contributed by atoms with Gasteiger partial charge in [-0.3, -0.25) is 4.79 Å². The van der Waals surface area contributed by atoms with Crippen molar-refractivity contribution < 1.29 is 33.0 Å². The highest BCUT2D eigenvalue weighted by Crippen LogP contribution is 2.38. The zero-order valence-electron chi connectivity index (χ0n) is 19.9. The minimum Gasteiger partial charge on any atom is -0.493 e. The summed E-state index contributed by atoms with van der Waals surface area (Å²) in [6.45, 7) is 1.50. The normalized spacial score (nSPS) is 14.9. The van der Waals surface area contributed by atoms with Gasteiger partial charge in [0.15, 0.2) is 18.1 Å². The predicted octanol–water partition coefficient (Wildman–Crippen LogP) is 4.15. The van der Waals surface area contributed by atoms with Crippen molar-refractivity contribution in [2.75, 3.05) is 27.9 Å². The van der Waals surface area contributed by atoms with Crippen LogP contribution in [0.1, 0.15) is 39.7 Å². The van der Waals surface area contributed by atoms with Gasteiger partial charge in [-0.15, -0.1) is 0 Å². The van der Waals surface area contributed by atoms with Gasteiger partial charge in [-0.05, 0) is 36.8 Å². The molecule has 1 aliphatic rings. The first-order valence-corrected chi connectivity index (χ1v) is 10.9. The molecular formula is C26H26N2O7. The largest absolute Gasteiger partial charge is 0.493 e. The summed E-state index contributed by atoms with van der Waals surface area (Å²) >= 11 is 0. The fourth-order valence-corrected chi connectivity index (χ4v) is 3.84. The molecule has 1 unspecified atom stereocenters. The molecule has 9 nitrogen and oxygen atoms in total. The van der Waals surface area contributed by atoms with E-state index in [0.29, 0.717) is 29.4 Å². The van der Waals surface area contributed by atoms with Crippen molar-refractivity contribution in [3.05, 3.63) is 77.2 Å². The number of carbonyl (C=O) groups is 2. The van der Waals surface area contributed by atoms with Gasteiger partial charge in [0.1, 0.15) is 11.8 Å². The van der Waals surface area contributed by atoms with Gasteiger partial charge in [-0.2, -0.15) is 5.10 Å². The first kappa shape index (κ1) is 23.9. The molecule has 0 saturated heterocycles. The van der Waals surface area contributed by atoms with Gasteiger partial charge < -0.3 is 23.4 Å². The maximum absolute atomic E-state index is 13.1. The van der Waals surface area contributed by atoms with Gasteiger partial charge in [-0.25, -0.2) is 9.80 Å². The Bertz CT molecular complexity index is 1210. The van der Waals surface area contributed by atoms with E-state index >= 15 is 0 Å². The number of amides is 1. The van der Waals surface area contributed by atoms with E-state index in [0.717, 1.165) is 16.8 Å². The van der Waals surface area contributed by atoms with Crippen LogP contribution in [0.15, 0.2) is 64.3 Å². The molecule has 1 atom stereocenters. The number of methoxy groups -OCH3 is 3. The Morgan fingerprint density at radius 3 is 2.29 bits per heavy atom. The topological polar surface area (TPSA) is 99.8 Å². The number of aryl methyl sites for hydroxylation is 1. The van der Waals surface area contributed by atoms with Crippen molar-refractivity contribution >= 4 is 17.6 Å². The lowest BCUT2D eigenvalue weighted by Crippen LogP contribution is -2.31. The second-order valence-electron chi connectivity index (χ2n) is 7.88. The van der Waals surface area contributed by atoms with Crippen LogP contribution in [-0.2, 0) is 9.53 Å². The Kier molecular flexibility index (Phi) is 7.05. The molecule has 2 heterocycles. The summed E-state index contributed by atoms with van der Waals surface area (Å²) in [6, 6.07) is 13.9. The number of benzene rings is 2. The third-order valence-electron chi connectivity index (χ3n) is 5.65. The first-order valence-electron chi connectivity index (χ1n) is 10.9. The molecule has 0 spiro atoms. The predicted molar refractivity (Wildman–Crippen MR) is 127 cm³/mol. The molecule has 1 amide bonds. The van der Waals surface area contributed by atoms with Gasteiger partial charge in [0, 0.05) is 6.42 Å². The second-order valence-corrected chi connectivity index (χ2v) is 7.88. The lowest BCUT2D eigenvalue weighted by atomic mass is 10.0. The van der Waals surface area contributed by atoms with Crippen LogP contribution in [0.3, 0.4) is 0 Å². The smallest absolute Gasteiger partial charge is 0.338 e. The summed E-state index contributed by atoms with van der Waals surface area (Å²) in [7, 11) is 4.36. The summed E-state index contributed by atoms with van der Waals surface area (Å²) in [6.07, 6.45) is 2.02. The summed E-state index contributed by atoms with van der Waals surface area (Å²) in [5, 5.41) is 5.86. The van der Waals surface area contributed by atoms with E-state index in [1.165, 1.54) is 38.5 Å². The van der Waals surface area contributed by atoms with Crippen molar-refractivity contribution in [1.82, 2.24) is 5.01 Å². The standard InChI is InChI=1S/C26H26N2O7/c1-16-7-9-17(10-8-16)19-14-20(21-6-5-11-34-21)28(27-19)24(29)15-35-26(30)18-12-22(31-2)25(33-4)23(13-18)32-3/h5-13,20H,14-15H2,1-4H3. The number of rotatable bonds is 8. The lowest BCUT2D eigenvalue weighted by molar-refractivity contribution is -0.136. The minimum atomic E-state index is -0.714. The van der Waals surface area contributed by atoms with Gasteiger partial charge in [0.05, 0.1) is 38.9 Å². The second kappa shape index (κ2) is 10.3. The van der Waals surface area contributed by atoms with E-state index in [-0.39, 0.29) is 5.56 Å². The highest BCUT2D eigenvalue weighted by molar-refractivity contribution is 6.03. The number of furan rings is 1. The van der Waals surface area contributed by atoms with Crippen molar-refractivity contribution in [1.29, 1.82) is 0 Å². The SMILES string of the molecule is COc1cc(C(=O)OCC(=O)N2N=C(c3ccc(C)cc3)CC2c2ccco2)cc(OC)c1OC. The maximum Gasteiger partial charge on any atom is 0.338 e. The number of ether oxygens (including phenoxy) is 4. The zero-order chi connectivity index (χ0) is 24.9. The Labute approximate surface area is 202 Å². The van der Waals surface area contributed by atoms with E-state index in [1.807, 2.05) is 31.2 Å². The Morgan fingerprint density at radius 2 is 1.71 bits per heavy atom. The summed E-state index contributed by atoms with van der Waals surface area (Å²) in [5.74, 6) is 0.354. The molecule has 0 aliphatic carbocycles. The van der Waals surface area contributed by atoms with Crippen molar-refractivity contribution in [2.45, 2.75) is 19.4 Å². The Hall–Kier alpha value is -4.27. The van der Waals surface area contributed by atoms with Crippen molar-refractivity contribution in [2.24, 2.45) is 5.10 Å². The monoisotopic (exact) mass is 478 g/mol. The molecule has 1 aromatic heterocycles. The number of carbonyl (C=O) groups excluding carboxylic acids is 2. The van der Waals surface area contributed by atoms with Crippen LogP contribution < -0.4 is 14.2 Å². The van der Waals surface area contributed by atoms with Gasteiger partial charge in [-0.1, -0.05) is 29.8 Å². The highest BCUT2D eigenvalue weighted by atomic mass is 16.5. The van der Waals surface area contributed by atoms with Crippen molar-refractivity contribution in [3.8, 4) is 17.2 Å². The average Bonchev–Trinajstić information content (AvgIpc) is 3.57. The summed E-state index contributed by atoms with van der Waals surface area (Å²) in [4.78, 5) is 25.8. The number of nitrogens with zero attached hydrogens (tertiary/aromatic N) is 2. The van der Waals surface area contributed by atoms with E-state index < -0.39 is 24.5 Å². The Morgan fingerprint density at radius 1 is 1.03 bits per heavy atom. The molecule has 3 aromatic rings. The van der Waals surface area contributed by atoms with Gasteiger partial charge in [0.2, 0.25) is 5.75 Å². The zero-order valence-corrected chi connectivity index (χ0v) is 19.9. The quantitative estimate of drug-likeness (QED) is 0.449.